The van der Waals surface area contributed by atoms with Gasteiger partial charge in [0.25, 0.3) is 5.91 Å². The molecule has 7 nitrogen and oxygen atoms in total. The number of halogens is 4. The molecule has 0 spiro atoms. The first kappa shape index (κ1) is 21.1. The van der Waals surface area contributed by atoms with Crippen LogP contribution in [0.25, 0.3) is 0 Å². The van der Waals surface area contributed by atoms with Gasteiger partial charge in [-0.05, 0) is 12.1 Å². The maximum Gasteiger partial charge on any atom is 0.417 e. The van der Waals surface area contributed by atoms with E-state index < -0.39 is 17.8 Å². The molecule has 29 heavy (non-hydrogen) atoms. The van der Waals surface area contributed by atoms with Gasteiger partial charge in [-0.1, -0.05) is 11.6 Å². The number of pyridine rings is 2. The van der Waals surface area contributed by atoms with Crippen LogP contribution in [0.4, 0.5) is 13.2 Å². The Morgan fingerprint density at radius 2 is 2.14 bits per heavy atom. The van der Waals surface area contributed by atoms with Gasteiger partial charge >= 0.3 is 6.18 Å². The minimum atomic E-state index is -4.46. The predicted molar refractivity (Wildman–Crippen MR) is 96.2 cm³/mol. The van der Waals surface area contributed by atoms with E-state index in [1.807, 2.05) is 0 Å². The maximum absolute atomic E-state index is 12.7. The van der Waals surface area contributed by atoms with Gasteiger partial charge in [-0.25, -0.2) is 9.97 Å². The second kappa shape index (κ2) is 8.83. The number of hydrogen-bond acceptors (Lipinski definition) is 6. The predicted octanol–water partition coefficient (Wildman–Crippen LogP) is 3.08. The van der Waals surface area contributed by atoms with Crippen LogP contribution < -0.4 is 9.47 Å². The quantitative estimate of drug-likeness (QED) is 0.677. The van der Waals surface area contributed by atoms with Crippen LogP contribution in [0.5, 0.6) is 11.8 Å². The van der Waals surface area contributed by atoms with Crippen molar-refractivity contribution in [2.75, 3.05) is 33.4 Å². The van der Waals surface area contributed by atoms with Crippen LogP contribution in [0.1, 0.15) is 15.9 Å². The number of carbonyl (C=O) groups excluding carboxylic acids is 1. The van der Waals surface area contributed by atoms with Gasteiger partial charge in [0.15, 0.2) is 0 Å². The molecule has 0 aromatic carbocycles. The highest BCUT2D eigenvalue weighted by atomic mass is 35.5. The number of morpholine rings is 1. The first-order chi connectivity index (χ1) is 13.8. The summed E-state index contributed by atoms with van der Waals surface area (Å²) in [5.74, 6) is -0.00775. The number of ether oxygens (including phenoxy) is 3. The van der Waals surface area contributed by atoms with Gasteiger partial charge in [0.2, 0.25) is 11.8 Å². The smallest absolute Gasteiger partial charge is 0.417 e. The van der Waals surface area contributed by atoms with Crippen LogP contribution >= 0.6 is 11.6 Å². The van der Waals surface area contributed by atoms with Gasteiger partial charge in [-0.15, -0.1) is 0 Å². The van der Waals surface area contributed by atoms with Crippen molar-refractivity contribution in [3.63, 3.8) is 0 Å². The summed E-state index contributed by atoms with van der Waals surface area (Å²) in [6, 6.07) is 4.96. The van der Waals surface area contributed by atoms with Crippen molar-refractivity contribution in [1.82, 2.24) is 14.9 Å². The van der Waals surface area contributed by atoms with Gasteiger partial charge in [0.1, 0.15) is 17.9 Å². The Hall–Kier alpha value is -2.59. The van der Waals surface area contributed by atoms with E-state index in [0.717, 1.165) is 12.1 Å². The van der Waals surface area contributed by atoms with E-state index in [9.17, 15) is 18.0 Å². The minimum absolute atomic E-state index is 0.0303. The van der Waals surface area contributed by atoms with Crippen molar-refractivity contribution in [1.29, 1.82) is 0 Å². The highest BCUT2D eigenvalue weighted by molar-refractivity contribution is 6.29. The largest absolute Gasteiger partial charge is 0.481 e. The van der Waals surface area contributed by atoms with E-state index in [1.54, 1.807) is 4.90 Å². The lowest BCUT2D eigenvalue weighted by molar-refractivity contribution is -0.137. The lowest BCUT2D eigenvalue weighted by atomic mass is 10.2. The van der Waals surface area contributed by atoms with Crippen LogP contribution in [0, 0.1) is 0 Å². The van der Waals surface area contributed by atoms with Crippen molar-refractivity contribution in [3.8, 4) is 11.8 Å². The van der Waals surface area contributed by atoms with Gasteiger partial charge in [0, 0.05) is 30.4 Å². The van der Waals surface area contributed by atoms with Crippen molar-refractivity contribution in [3.05, 3.63) is 46.7 Å². The Morgan fingerprint density at radius 3 is 2.79 bits per heavy atom. The molecule has 1 fully saturated rings. The highest BCUT2D eigenvalue weighted by Gasteiger charge is 2.31. The number of amides is 1. The lowest BCUT2D eigenvalue weighted by Crippen LogP contribution is -2.47. The third-order valence-corrected chi connectivity index (χ3v) is 4.33. The van der Waals surface area contributed by atoms with Crippen LogP contribution in [-0.2, 0) is 10.9 Å². The van der Waals surface area contributed by atoms with E-state index in [4.69, 9.17) is 25.8 Å². The number of rotatable bonds is 5. The second-order valence-electron chi connectivity index (χ2n) is 6.16. The van der Waals surface area contributed by atoms with Crippen molar-refractivity contribution in [2.45, 2.75) is 12.3 Å². The Morgan fingerprint density at radius 1 is 1.34 bits per heavy atom. The zero-order chi connectivity index (χ0) is 21.0. The summed E-state index contributed by atoms with van der Waals surface area (Å²) in [6.45, 7) is 0.927. The molecule has 2 aromatic rings. The summed E-state index contributed by atoms with van der Waals surface area (Å²) < 4.78 is 53.7. The summed E-state index contributed by atoms with van der Waals surface area (Å²) in [6.07, 6.45) is -4.22. The molecule has 0 bridgehead atoms. The van der Waals surface area contributed by atoms with Crippen molar-refractivity contribution < 1.29 is 32.2 Å². The molecule has 1 aliphatic rings. The maximum atomic E-state index is 12.7. The molecular formula is C18H17ClF3N3O4. The van der Waals surface area contributed by atoms with Gasteiger partial charge < -0.3 is 19.1 Å². The zero-order valence-electron chi connectivity index (χ0n) is 15.3. The summed E-state index contributed by atoms with van der Waals surface area (Å²) in [4.78, 5) is 21.9. The normalized spacial score (nSPS) is 17.1. The molecule has 0 radical (unpaired) electrons. The van der Waals surface area contributed by atoms with Crippen LogP contribution in [0.3, 0.4) is 0 Å². The van der Waals surface area contributed by atoms with E-state index in [0.29, 0.717) is 18.3 Å². The topological polar surface area (TPSA) is 73.8 Å². The molecule has 1 amide bonds. The summed E-state index contributed by atoms with van der Waals surface area (Å²) >= 11 is 5.91. The summed E-state index contributed by atoms with van der Waals surface area (Å²) in [5.41, 5.74) is -0.533. The Labute approximate surface area is 169 Å². The molecule has 0 saturated carbocycles. The molecule has 0 N–H and O–H groups in total. The minimum Gasteiger partial charge on any atom is -0.481 e. The highest BCUT2D eigenvalue weighted by Crippen LogP contribution is 2.29. The van der Waals surface area contributed by atoms with Gasteiger partial charge in [0.05, 0.1) is 25.8 Å². The third kappa shape index (κ3) is 5.48. The molecular weight excluding hydrogens is 415 g/mol. The number of nitrogens with zero attached hydrogens (tertiary/aromatic N) is 3. The first-order valence-corrected chi connectivity index (χ1v) is 8.92. The van der Waals surface area contributed by atoms with E-state index in [1.165, 1.54) is 19.2 Å². The number of aromatic nitrogens is 2. The van der Waals surface area contributed by atoms with Crippen LogP contribution in [0.2, 0.25) is 5.15 Å². The SMILES string of the molecule is COc1cc(C(=O)N2CCOC(COc3ccc(C(F)(F)F)cn3)C2)cc(Cl)n1. The summed E-state index contributed by atoms with van der Waals surface area (Å²) in [5, 5.41) is 0.134. The Balaban J connectivity index is 1.59. The molecule has 156 valence electrons. The van der Waals surface area contributed by atoms with Gasteiger partial charge in [-0.2, -0.15) is 13.2 Å². The molecule has 3 heterocycles. The van der Waals surface area contributed by atoms with Gasteiger partial charge in [-0.3, -0.25) is 4.79 Å². The molecule has 11 heteroatoms. The molecule has 1 unspecified atom stereocenters. The monoisotopic (exact) mass is 431 g/mol. The average molecular weight is 432 g/mol. The molecule has 0 aliphatic carbocycles. The van der Waals surface area contributed by atoms with Crippen molar-refractivity contribution >= 4 is 17.5 Å². The lowest BCUT2D eigenvalue weighted by Gasteiger charge is -2.32. The summed E-state index contributed by atoms with van der Waals surface area (Å²) in [7, 11) is 1.42. The third-order valence-electron chi connectivity index (χ3n) is 4.13. The number of methoxy groups -OCH3 is 1. The average Bonchev–Trinajstić information content (AvgIpc) is 2.71. The van der Waals surface area contributed by atoms with E-state index in [-0.39, 0.29) is 42.6 Å². The molecule has 1 aliphatic heterocycles. The molecule has 1 saturated heterocycles. The Bertz CT molecular complexity index is 864. The molecule has 1 atom stereocenters. The fourth-order valence-electron chi connectivity index (χ4n) is 2.70. The first-order valence-electron chi connectivity index (χ1n) is 8.55. The molecule has 2 aromatic heterocycles. The number of carbonyl (C=O) groups is 1. The fraction of sp³-hybridized carbons (Fsp3) is 0.389. The number of hydrogen-bond donors (Lipinski definition) is 0. The Kier molecular flexibility index (Phi) is 6.43. The number of alkyl halides is 3. The van der Waals surface area contributed by atoms with E-state index >= 15 is 0 Å². The van der Waals surface area contributed by atoms with Crippen molar-refractivity contribution in [2.24, 2.45) is 0 Å². The zero-order valence-corrected chi connectivity index (χ0v) is 16.0. The van der Waals surface area contributed by atoms with Crippen LogP contribution in [-0.4, -0.2) is 60.3 Å². The van der Waals surface area contributed by atoms with Crippen LogP contribution in [0.15, 0.2) is 30.5 Å². The molecule has 3 rings (SSSR count). The standard InChI is InChI=1S/C18H17ClF3N3O4/c1-27-16-7-11(6-14(19)24-16)17(26)25-4-5-28-13(9-25)10-29-15-3-2-12(8-23-15)18(20,21)22/h2-3,6-8,13H,4-5,9-10H2,1H3. The van der Waals surface area contributed by atoms with E-state index in [2.05, 4.69) is 9.97 Å². The fourth-order valence-corrected chi connectivity index (χ4v) is 2.90. The second-order valence-corrected chi connectivity index (χ2v) is 6.55.